The summed E-state index contributed by atoms with van der Waals surface area (Å²) < 4.78 is 0. The zero-order valence-electron chi connectivity index (χ0n) is 15.0. The van der Waals surface area contributed by atoms with E-state index in [1.807, 2.05) is 70.4 Å². The van der Waals surface area contributed by atoms with Crippen molar-refractivity contribution in [3.63, 3.8) is 0 Å². The van der Waals surface area contributed by atoms with Gasteiger partial charge in [0.2, 0.25) is 0 Å². The second-order valence-corrected chi connectivity index (χ2v) is 6.86. The van der Waals surface area contributed by atoms with Gasteiger partial charge >= 0.3 is 5.97 Å². The van der Waals surface area contributed by atoms with Crippen LogP contribution in [-0.2, 0) is 10.2 Å². The van der Waals surface area contributed by atoms with Crippen LogP contribution in [0, 0.1) is 5.92 Å². The molecule has 3 nitrogen and oxygen atoms in total. The predicted octanol–water partition coefficient (Wildman–Crippen LogP) is 4.58. The van der Waals surface area contributed by atoms with E-state index in [4.69, 9.17) is 0 Å². The topological polar surface area (TPSA) is 40.5 Å². The first-order chi connectivity index (χ1) is 10.9. The number of benzene rings is 2. The molecule has 0 aliphatic rings. The van der Waals surface area contributed by atoms with E-state index in [0.29, 0.717) is 6.42 Å². The number of rotatable bonds is 7. The molecule has 0 bridgehead atoms. The Bertz CT molecular complexity index is 679. The van der Waals surface area contributed by atoms with Gasteiger partial charge in [-0.3, -0.25) is 4.79 Å². The van der Waals surface area contributed by atoms with Gasteiger partial charge in [0.05, 0.1) is 5.41 Å². The normalized spacial score (nSPS) is 13.8. The van der Waals surface area contributed by atoms with Crippen LogP contribution in [0.2, 0.25) is 0 Å². The number of nitrogens with zero attached hydrogens (tertiary/aromatic N) is 1. The van der Waals surface area contributed by atoms with Crippen molar-refractivity contribution in [2.75, 3.05) is 20.6 Å². The summed E-state index contributed by atoms with van der Waals surface area (Å²) in [4.78, 5) is 14.5. The summed E-state index contributed by atoms with van der Waals surface area (Å²) in [5, 5.41) is 12.3. The van der Waals surface area contributed by atoms with Gasteiger partial charge in [-0.1, -0.05) is 56.3 Å². The van der Waals surface area contributed by atoms with E-state index >= 15 is 0 Å². The van der Waals surface area contributed by atoms with Gasteiger partial charge in [0.25, 0.3) is 0 Å². The zero-order chi connectivity index (χ0) is 17.0. The lowest BCUT2D eigenvalue weighted by atomic mass is 9.67. The molecule has 0 saturated carbocycles. The van der Waals surface area contributed by atoms with E-state index in [-0.39, 0.29) is 18.3 Å². The molecular weight excluding hydrogens is 322 g/mol. The lowest BCUT2D eigenvalue weighted by Gasteiger charge is -2.35. The first-order valence-corrected chi connectivity index (χ1v) is 8.26. The number of hydrogen-bond acceptors (Lipinski definition) is 2. The van der Waals surface area contributed by atoms with Crippen molar-refractivity contribution in [3.8, 4) is 0 Å². The third-order valence-corrected chi connectivity index (χ3v) is 4.81. The highest BCUT2D eigenvalue weighted by Crippen LogP contribution is 2.41. The number of hydrogen-bond donors (Lipinski definition) is 1. The molecule has 1 unspecified atom stereocenters. The Morgan fingerprint density at radius 1 is 1.12 bits per heavy atom. The Labute approximate surface area is 151 Å². The maximum atomic E-state index is 12.4. The van der Waals surface area contributed by atoms with E-state index in [1.54, 1.807) is 0 Å². The summed E-state index contributed by atoms with van der Waals surface area (Å²) in [5.74, 6) is -0.699. The number of carbonyl (C=O) groups is 1. The molecule has 0 aliphatic heterocycles. The standard InChI is InChI=1S/C20H27NO2.ClH/c1-15(2)20(19(22)23,13-8-14-21(3)4)18-12-7-10-16-9-5-6-11-17(16)18;/h5-7,9-12,15H,8,13-14H2,1-4H3,(H,22,23);1H. The molecule has 24 heavy (non-hydrogen) atoms. The van der Waals surface area contributed by atoms with Crippen LogP contribution in [0.1, 0.15) is 32.3 Å². The molecule has 0 fully saturated rings. The van der Waals surface area contributed by atoms with Crippen molar-refractivity contribution in [2.45, 2.75) is 32.1 Å². The molecule has 1 N–H and O–H groups in total. The molecule has 0 radical (unpaired) electrons. The van der Waals surface area contributed by atoms with Crippen LogP contribution >= 0.6 is 12.4 Å². The van der Waals surface area contributed by atoms with Crippen LogP contribution in [0.3, 0.4) is 0 Å². The number of carboxylic acid groups (broad SMARTS) is 1. The first kappa shape index (κ1) is 20.5. The molecule has 0 heterocycles. The fraction of sp³-hybridized carbons (Fsp3) is 0.450. The highest BCUT2D eigenvalue weighted by molar-refractivity contribution is 5.93. The van der Waals surface area contributed by atoms with Gasteiger partial charge in [-0.25, -0.2) is 0 Å². The summed E-state index contributed by atoms with van der Waals surface area (Å²) in [6.07, 6.45) is 1.51. The van der Waals surface area contributed by atoms with Crippen LogP contribution < -0.4 is 0 Å². The van der Waals surface area contributed by atoms with Gasteiger partial charge in [-0.2, -0.15) is 0 Å². The largest absolute Gasteiger partial charge is 0.481 e. The monoisotopic (exact) mass is 349 g/mol. The second-order valence-electron chi connectivity index (χ2n) is 6.86. The Hall–Kier alpha value is -1.58. The van der Waals surface area contributed by atoms with Crippen molar-refractivity contribution in [1.82, 2.24) is 4.90 Å². The van der Waals surface area contributed by atoms with Crippen LogP contribution in [0.5, 0.6) is 0 Å². The Morgan fingerprint density at radius 3 is 2.33 bits per heavy atom. The van der Waals surface area contributed by atoms with Crippen LogP contribution in [-0.4, -0.2) is 36.6 Å². The zero-order valence-corrected chi connectivity index (χ0v) is 15.8. The SMILES string of the molecule is CC(C)C(CCCN(C)C)(C(=O)O)c1cccc2ccccc12.Cl. The summed E-state index contributed by atoms with van der Waals surface area (Å²) in [5.41, 5.74) is 0.0912. The Kier molecular flexibility index (Phi) is 7.25. The minimum Gasteiger partial charge on any atom is -0.481 e. The van der Waals surface area contributed by atoms with E-state index in [0.717, 1.165) is 29.3 Å². The van der Waals surface area contributed by atoms with E-state index in [1.165, 1.54) is 0 Å². The summed E-state index contributed by atoms with van der Waals surface area (Å²) in [6, 6.07) is 14.1. The minimum absolute atomic E-state index is 0. The molecule has 0 spiro atoms. The second kappa shape index (κ2) is 8.50. The van der Waals surface area contributed by atoms with Gasteiger partial charge in [0, 0.05) is 0 Å². The van der Waals surface area contributed by atoms with Crippen molar-refractivity contribution in [2.24, 2.45) is 5.92 Å². The molecule has 0 aliphatic carbocycles. The molecule has 2 aromatic rings. The maximum absolute atomic E-state index is 12.4. The van der Waals surface area contributed by atoms with Crippen LogP contribution in [0.4, 0.5) is 0 Å². The quantitative estimate of drug-likeness (QED) is 0.795. The molecule has 0 amide bonds. The van der Waals surface area contributed by atoms with Gasteiger partial charge in [-0.15, -0.1) is 12.4 Å². The molecule has 2 rings (SSSR count). The minimum atomic E-state index is -0.850. The Balaban J connectivity index is 0.00000288. The van der Waals surface area contributed by atoms with Crippen LogP contribution in [0.25, 0.3) is 10.8 Å². The van der Waals surface area contributed by atoms with Gasteiger partial charge in [0.15, 0.2) is 0 Å². The Morgan fingerprint density at radius 2 is 1.75 bits per heavy atom. The van der Waals surface area contributed by atoms with Gasteiger partial charge < -0.3 is 10.0 Å². The van der Waals surface area contributed by atoms with Gasteiger partial charge in [0.1, 0.15) is 0 Å². The summed E-state index contributed by atoms with van der Waals surface area (Å²) in [6.45, 7) is 4.93. The fourth-order valence-electron chi connectivity index (χ4n) is 3.49. The molecule has 1 atom stereocenters. The number of aliphatic carboxylic acids is 1. The average molecular weight is 350 g/mol. The lowest BCUT2D eigenvalue weighted by molar-refractivity contribution is -0.146. The third-order valence-electron chi connectivity index (χ3n) is 4.81. The smallest absolute Gasteiger partial charge is 0.314 e. The fourth-order valence-corrected chi connectivity index (χ4v) is 3.49. The summed E-state index contributed by atoms with van der Waals surface area (Å²) in [7, 11) is 4.05. The number of halogens is 1. The highest BCUT2D eigenvalue weighted by atomic mass is 35.5. The summed E-state index contributed by atoms with van der Waals surface area (Å²) >= 11 is 0. The predicted molar refractivity (Wildman–Crippen MR) is 103 cm³/mol. The number of carboxylic acids is 1. The molecule has 0 saturated heterocycles. The maximum Gasteiger partial charge on any atom is 0.314 e. The van der Waals surface area contributed by atoms with E-state index in [9.17, 15) is 9.90 Å². The van der Waals surface area contributed by atoms with Crippen molar-refractivity contribution in [1.29, 1.82) is 0 Å². The lowest BCUT2D eigenvalue weighted by Crippen LogP contribution is -2.41. The van der Waals surface area contributed by atoms with Crippen molar-refractivity contribution < 1.29 is 9.90 Å². The molecule has 0 aromatic heterocycles. The van der Waals surface area contributed by atoms with Crippen LogP contribution in [0.15, 0.2) is 42.5 Å². The number of fused-ring (bicyclic) bond motifs is 1. The highest BCUT2D eigenvalue weighted by Gasteiger charge is 2.43. The van der Waals surface area contributed by atoms with Crippen molar-refractivity contribution in [3.05, 3.63) is 48.0 Å². The molecule has 132 valence electrons. The van der Waals surface area contributed by atoms with Gasteiger partial charge in [-0.05, 0) is 55.7 Å². The van der Waals surface area contributed by atoms with Crippen molar-refractivity contribution >= 4 is 29.1 Å². The molecule has 2 aromatic carbocycles. The molecular formula is C20H28ClNO2. The molecule has 4 heteroatoms. The van der Waals surface area contributed by atoms with E-state index in [2.05, 4.69) is 4.90 Å². The van der Waals surface area contributed by atoms with E-state index < -0.39 is 11.4 Å². The first-order valence-electron chi connectivity index (χ1n) is 8.26. The average Bonchev–Trinajstić information content (AvgIpc) is 2.50. The third kappa shape index (κ3) is 3.90.